The minimum Gasteiger partial charge on any atom is -0.372 e. The number of nitrogens with one attached hydrogen (secondary N) is 1. The number of aromatic nitrogens is 2. The van der Waals surface area contributed by atoms with Crippen LogP contribution in [0.25, 0.3) is 11.3 Å². The standard InChI is InChI=1S/C11H9Cl2N3/c1-14-10-6-15-5-9(16-10)7-3-2-4-8(12)11(7)13/h2-6H,1H3,(H,14,16). The number of halogens is 2. The fourth-order valence-corrected chi connectivity index (χ4v) is 1.72. The van der Waals surface area contributed by atoms with Crippen LogP contribution in [0.3, 0.4) is 0 Å². The average Bonchev–Trinajstić information content (AvgIpc) is 2.33. The third kappa shape index (κ3) is 2.10. The van der Waals surface area contributed by atoms with Gasteiger partial charge in [-0.1, -0.05) is 35.3 Å². The Labute approximate surface area is 103 Å². The van der Waals surface area contributed by atoms with Crippen LogP contribution in [0, 0.1) is 0 Å². The molecule has 0 amide bonds. The molecular formula is C11H9Cl2N3. The number of anilines is 1. The number of hydrogen-bond acceptors (Lipinski definition) is 3. The number of nitrogens with zero attached hydrogens (tertiary/aromatic N) is 2. The monoisotopic (exact) mass is 253 g/mol. The second kappa shape index (κ2) is 4.68. The molecule has 0 aliphatic rings. The summed E-state index contributed by atoms with van der Waals surface area (Å²) < 4.78 is 0. The van der Waals surface area contributed by atoms with Crippen LogP contribution in [0.1, 0.15) is 0 Å². The van der Waals surface area contributed by atoms with Gasteiger partial charge in [-0.2, -0.15) is 0 Å². The van der Waals surface area contributed by atoms with Crippen molar-refractivity contribution in [1.82, 2.24) is 9.97 Å². The Bertz CT molecular complexity index is 514. The Morgan fingerprint density at radius 3 is 2.75 bits per heavy atom. The van der Waals surface area contributed by atoms with Crippen molar-refractivity contribution >= 4 is 29.0 Å². The molecule has 1 aromatic heterocycles. The van der Waals surface area contributed by atoms with Crippen molar-refractivity contribution in [1.29, 1.82) is 0 Å². The molecule has 16 heavy (non-hydrogen) atoms. The van der Waals surface area contributed by atoms with Gasteiger partial charge in [-0.3, -0.25) is 4.98 Å². The molecule has 0 aliphatic heterocycles. The molecule has 0 aliphatic carbocycles. The van der Waals surface area contributed by atoms with Crippen LogP contribution in [0.2, 0.25) is 10.0 Å². The SMILES string of the molecule is CNc1cncc(-c2cccc(Cl)c2Cl)n1. The Kier molecular flexibility index (Phi) is 3.27. The summed E-state index contributed by atoms with van der Waals surface area (Å²) in [5.41, 5.74) is 1.47. The summed E-state index contributed by atoms with van der Waals surface area (Å²) >= 11 is 12.0. The molecule has 0 saturated carbocycles. The lowest BCUT2D eigenvalue weighted by Crippen LogP contribution is -1.95. The lowest BCUT2D eigenvalue weighted by atomic mass is 10.1. The van der Waals surface area contributed by atoms with Crippen LogP contribution >= 0.6 is 23.2 Å². The Balaban J connectivity index is 2.54. The zero-order chi connectivity index (χ0) is 11.5. The number of benzene rings is 1. The van der Waals surface area contributed by atoms with E-state index in [1.165, 1.54) is 0 Å². The first-order valence-electron chi connectivity index (χ1n) is 4.66. The zero-order valence-corrected chi connectivity index (χ0v) is 10.0. The molecule has 1 aromatic carbocycles. The lowest BCUT2D eigenvalue weighted by Gasteiger charge is -2.06. The molecule has 82 valence electrons. The van der Waals surface area contributed by atoms with Gasteiger partial charge in [0.2, 0.25) is 0 Å². The first-order chi connectivity index (χ1) is 7.72. The fraction of sp³-hybridized carbons (Fsp3) is 0.0909. The van der Waals surface area contributed by atoms with E-state index in [4.69, 9.17) is 23.2 Å². The topological polar surface area (TPSA) is 37.8 Å². The quantitative estimate of drug-likeness (QED) is 0.891. The van der Waals surface area contributed by atoms with Crippen molar-refractivity contribution in [3.8, 4) is 11.3 Å². The van der Waals surface area contributed by atoms with E-state index >= 15 is 0 Å². The summed E-state index contributed by atoms with van der Waals surface area (Å²) in [5.74, 6) is 0.688. The highest BCUT2D eigenvalue weighted by atomic mass is 35.5. The molecule has 0 spiro atoms. The van der Waals surface area contributed by atoms with Crippen LogP contribution in [-0.4, -0.2) is 17.0 Å². The van der Waals surface area contributed by atoms with E-state index in [1.807, 2.05) is 12.1 Å². The van der Waals surface area contributed by atoms with Crippen molar-refractivity contribution in [3.63, 3.8) is 0 Å². The molecule has 3 nitrogen and oxygen atoms in total. The molecule has 0 radical (unpaired) electrons. The highest BCUT2D eigenvalue weighted by molar-refractivity contribution is 6.43. The highest BCUT2D eigenvalue weighted by Crippen LogP contribution is 2.32. The van der Waals surface area contributed by atoms with Gasteiger partial charge in [0.15, 0.2) is 0 Å². The Morgan fingerprint density at radius 2 is 2.00 bits per heavy atom. The smallest absolute Gasteiger partial charge is 0.144 e. The maximum absolute atomic E-state index is 6.10. The van der Waals surface area contributed by atoms with E-state index in [2.05, 4.69) is 15.3 Å². The summed E-state index contributed by atoms with van der Waals surface area (Å²) in [6.45, 7) is 0. The van der Waals surface area contributed by atoms with Crippen LogP contribution in [0.4, 0.5) is 5.82 Å². The molecule has 1 N–H and O–H groups in total. The first kappa shape index (κ1) is 11.2. The summed E-state index contributed by atoms with van der Waals surface area (Å²) in [4.78, 5) is 8.42. The van der Waals surface area contributed by atoms with E-state index < -0.39 is 0 Å². The van der Waals surface area contributed by atoms with E-state index in [9.17, 15) is 0 Å². The van der Waals surface area contributed by atoms with Gasteiger partial charge < -0.3 is 5.32 Å². The first-order valence-corrected chi connectivity index (χ1v) is 5.42. The summed E-state index contributed by atoms with van der Waals surface area (Å²) in [6.07, 6.45) is 3.29. The molecule has 5 heteroatoms. The second-order valence-corrected chi connectivity index (χ2v) is 3.93. The van der Waals surface area contributed by atoms with E-state index in [0.717, 1.165) is 5.56 Å². The van der Waals surface area contributed by atoms with Crippen molar-refractivity contribution in [2.45, 2.75) is 0 Å². The number of hydrogen-bond donors (Lipinski definition) is 1. The van der Waals surface area contributed by atoms with Crippen molar-refractivity contribution in [2.75, 3.05) is 12.4 Å². The molecular weight excluding hydrogens is 245 g/mol. The van der Waals surface area contributed by atoms with Crippen molar-refractivity contribution in [3.05, 3.63) is 40.6 Å². The summed E-state index contributed by atoms with van der Waals surface area (Å²) in [7, 11) is 1.79. The van der Waals surface area contributed by atoms with Gasteiger partial charge in [-0.05, 0) is 6.07 Å². The predicted molar refractivity (Wildman–Crippen MR) is 67.0 cm³/mol. The fourth-order valence-electron chi connectivity index (χ4n) is 1.32. The third-order valence-corrected chi connectivity index (χ3v) is 2.94. The molecule has 0 atom stereocenters. The summed E-state index contributed by atoms with van der Waals surface area (Å²) in [6, 6.07) is 5.43. The molecule has 2 aromatic rings. The second-order valence-electron chi connectivity index (χ2n) is 3.14. The molecule has 2 rings (SSSR count). The van der Waals surface area contributed by atoms with E-state index in [0.29, 0.717) is 21.6 Å². The van der Waals surface area contributed by atoms with Gasteiger partial charge >= 0.3 is 0 Å². The van der Waals surface area contributed by atoms with Crippen LogP contribution < -0.4 is 5.32 Å². The molecule has 0 fully saturated rings. The van der Waals surface area contributed by atoms with Gasteiger partial charge in [0.25, 0.3) is 0 Å². The van der Waals surface area contributed by atoms with Gasteiger partial charge in [0, 0.05) is 12.6 Å². The average molecular weight is 254 g/mol. The molecule has 0 unspecified atom stereocenters. The zero-order valence-electron chi connectivity index (χ0n) is 8.54. The van der Waals surface area contributed by atoms with Crippen molar-refractivity contribution < 1.29 is 0 Å². The van der Waals surface area contributed by atoms with Gasteiger partial charge in [-0.15, -0.1) is 0 Å². The van der Waals surface area contributed by atoms with E-state index in [1.54, 1.807) is 25.5 Å². The maximum atomic E-state index is 6.10. The number of rotatable bonds is 2. The van der Waals surface area contributed by atoms with Crippen molar-refractivity contribution in [2.24, 2.45) is 0 Å². The Hall–Kier alpha value is -1.32. The Morgan fingerprint density at radius 1 is 1.19 bits per heavy atom. The minimum absolute atomic E-state index is 0.492. The normalized spacial score (nSPS) is 10.2. The molecule has 1 heterocycles. The summed E-state index contributed by atoms with van der Waals surface area (Å²) in [5, 5.41) is 3.92. The highest BCUT2D eigenvalue weighted by Gasteiger charge is 2.08. The lowest BCUT2D eigenvalue weighted by molar-refractivity contribution is 1.19. The van der Waals surface area contributed by atoms with Gasteiger partial charge in [0.1, 0.15) is 5.82 Å². The molecule has 0 saturated heterocycles. The maximum Gasteiger partial charge on any atom is 0.144 e. The van der Waals surface area contributed by atoms with Gasteiger partial charge in [-0.25, -0.2) is 4.98 Å². The molecule has 0 bridgehead atoms. The van der Waals surface area contributed by atoms with Crippen LogP contribution in [0.15, 0.2) is 30.6 Å². The third-order valence-electron chi connectivity index (χ3n) is 2.12. The van der Waals surface area contributed by atoms with Crippen LogP contribution in [0.5, 0.6) is 0 Å². The van der Waals surface area contributed by atoms with Gasteiger partial charge in [0.05, 0.1) is 28.1 Å². The largest absolute Gasteiger partial charge is 0.372 e. The predicted octanol–water partition coefficient (Wildman–Crippen LogP) is 3.49. The van der Waals surface area contributed by atoms with E-state index in [-0.39, 0.29) is 0 Å². The van der Waals surface area contributed by atoms with Crippen LogP contribution in [-0.2, 0) is 0 Å². The minimum atomic E-state index is 0.492.